The molecule has 3 rings (SSSR count). The predicted octanol–water partition coefficient (Wildman–Crippen LogP) is 0.298. The molecule has 0 saturated carbocycles. The summed E-state index contributed by atoms with van der Waals surface area (Å²) in [5.74, 6) is 0.125. The second-order valence-electron chi connectivity index (χ2n) is 5.19. The summed E-state index contributed by atoms with van der Waals surface area (Å²) in [6.45, 7) is 3.66. The van der Waals surface area contributed by atoms with Crippen molar-refractivity contribution in [1.82, 2.24) is 9.88 Å². The Labute approximate surface area is 122 Å². The van der Waals surface area contributed by atoms with Crippen LogP contribution < -0.4 is 10.6 Å². The Bertz CT molecular complexity index is 445. The summed E-state index contributed by atoms with van der Waals surface area (Å²) < 4.78 is 5.68. The van der Waals surface area contributed by atoms with E-state index in [0.29, 0.717) is 6.54 Å². The van der Waals surface area contributed by atoms with E-state index in [1.54, 1.807) is 11.3 Å². The zero-order valence-electron chi connectivity index (χ0n) is 11.4. The number of ether oxygens (including phenoxy) is 1. The molecule has 2 fully saturated rings. The standard InChI is InChI=1S/C13H20N4O2S/c14-9-10-1-2-11(19-10)12(18)16-4-6-17(7-5-16)13-15-3-8-20-13/h3,8,10-11H,1-2,4-7,9,14H2. The fourth-order valence-electron chi connectivity index (χ4n) is 2.75. The van der Waals surface area contributed by atoms with Gasteiger partial charge in [0.1, 0.15) is 6.10 Å². The van der Waals surface area contributed by atoms with Crippen LogP contribution >= 0.6 is 11.3 Å². The summed E-state index contributed by atoms with van der Waals surface area (Å²) in [6, 6.07) is 0. The van der Waals surface area contributed by atoms with Crippen LogP contribution in [0.1, 0.15) is 12.8 Å². The van der Waals surface area contributed by atoms with Crippen molar-refractivity contribution >= 4 is 22.4 Å². The zero-order chi connectivity index (χ0) is 13.9. The maximum Gasteiger partial charge on any atom is 0.251 e. The number of amides is 1. The first-order valence-electron chi connectivity index (χ1n) is 7.06. The van der Waals surface area contributed by atoms with Crippen molar-refractivity contribution in [3.63, 3.8) is 0 Å². The summed E-state index contributed by atoms with van der Waals surface area (Å²) in [5, 5.41) is 3.02. The molecule has 0 bridgehead atoms. The van der Waals surface area contributed by atoms with Crippen molar-refractivity contribution in [2.75, 3.05) is 37.6 Å². The van der Waals surface area contributed by atoms with Crippen molar-refractivity contribution < 1.29 is 9.53 Å². The first kappa shape index (κ1) is 13.8. The molecule has 1 amide bonds. The highest BCUT2D eigenvalue weighted by Crippen LogP contribution is 2.23. The van der Waals surface area contributed by atoms with Crippen molar-refractivity contribution in [2.45, 2.75) is 25.0 Å². The van der Waals surface area contributed by atoms with Gasteiger partial charge in [-0.3, -0.25) is 4.79 Å². The van der Waals surface area contributed by atoms with Crippen LogP contribution in [0.3, 0.4) is 0 Å². The Balaban J connectivity index is 1.52. The second-order valence-corrected chi connectivity index (χ2v) is 6.06. The van der Waals surface area contributed by atoms with Gasteiger partial charge in [0, 0.05) is 44.3 Å². The fourth-order valence-corrected chi connectivity index (χ4v) is 3.45. The minimum atomic E-state index is -0.282. The Hall–Kier alpha value is -1.18. The van der Waals surface area contributed by atoms with Crippen molar-refractivity contribution in [3.8, 4) is 0 Å². The highest BCUT2D eigenvalue weighted by Gasteiger charge is 2.34. The number of piperazine rings is 1. The Morgan fingerprint density at radius 1 is 1.40 bits per heavy atom. The minimum Gasteiger partial charge on any atom is -0.364 e. The molecule has 0 radical (unpaired) electrons. The molecule has 0 aromatic carbocycles. The molecule has 2 saturated heterocycles. The summed E-state index contributed by atoms with van der Waals surface area (Å²) >= 11 is 1.64. The van der Waals surface area contributed by atoms with Crippen LogP contribution in [0.5, 0.6) is 0 Å². The third kappa shape index (κ3) is 2.79. The number of hydrogen-bond donors (Lipinski definition) is 1. The lowest BCUT2D eigenvalue weighted by Gasteiger charge is -2.35. The molecular weight excluding hydrogens is 276 g/mol. The first-order valence-corrected chi connectivity index (χ1v) is 7.94. The molecule has 6 nitrogen and oxygen atoms in total. The van der Waals surface area contributed by atoms with Gasteiger partial charge in [-0.25, -0.2) is 4.98 Å². The van der Waals surface area contributed by atoms with Gasteiger partial charge in [-0.2, -0.15) is 0 Å². The van der Waals surface area contributed by atoms with Gasteiger partial charge in [0.25, 0.3) is 5.91 Å². The molecule has 0 aliphatic carbocycles. The molecule has 2 unspecified atom stereocenters. The molecule has 3 heterocycles. The monoisotopic (exact) mass is 296 g/mol. The summed E-state index contributed by atoms with van der Waals surface area (Å²) in [6.07, 6.45) is 3.28. The van der Waals surface area contributed by atoms with E-state index in [-0.39, 0.29) is 18.1 Å². The van der Waals surface area contributed by atoms with Gasteiger partial charge in [0.05, 0.1) is 6.10 Å². The Morgan fingerprint density at radius 3 is 2.80 bits per heavy atom. The van der Waals surface area contributed by atoms with Crippen LogP contribution in [-0.2, 0) is 9.53 Å². The van der Waals surface area contributed by atoms with Crippen LogP contribution in [0, 0.1) is 0 Å². The van der Waals surface area contributed by atoms with Crippen molar-refractivity contribution in [3.05, 3.63) is 11.6 Å². The van der Waals surface area contributed by atoms with Crippen molar-refractivity contribution in [1.29, 1.82) is 0 Å². The van der Waals surface area contributed by atoms with Gasteiger partial charge in [0.2, 0.25) is 0 Å². The van der Waals surface area contributed by atoms with Gasteiger partial charge in [-0.05, 0) is 12.8 Å². The number of carbonyl (C=O) groups excluding carboxylic acids is 1. The smallest absolute Gasteiger partial charge is 0.251 e. The third-order valence-electron chi connectivity index (χ3n) is 3.93. The van der Waals surface area contributed by atoms with E-state index in [2.05, 4.69) is 9.88 Å². The summed E-state index contributed by atoms with van der Waals surface area (Å²) in [7, 11) is 0. The van der Waals surface area contributed by atoms with Crippen LogP contribution in [0.25, 0.3) is 0 Å². The number of rotatable bonds is 3. The lowest BCUT2D eigenvalue weighted by atomic mass is 10.1. The maximum absolute atomic E-state index is 12.4. The quantitative estimate of drug-likeness (QED) is 0.868. The Kier molecular flexibility index (Phi) is 4.18. The number of aromatic nitrogens is 1. The minimum absolute atomic E-state index is 0.0561. The summed E-state index contributed by atoms with van der Waals surface area (Å²) in [4.78, 5) is 20.8. The van der Waals surface area contributed by atoms with E-state index >= 15 is 0 Å². The van der Waals surface area contributed by atoms with Gasteiger partial charge in [-0.15, -0.1) is 11.3 Å². The number of carbonyl (C=O) groups is 1. The van der Waals surface area contributed by atoms with Gasteiger partial charge in [-0.1, -0.05) is 0 Å². The number of nitrogens with zero attached hydrogens (tertiary/aromatic N) is 3. The molecular formula is C13H20N4O2S. The number of nitrogens with two attached hydrogens (primary N) is 1. The molecule has 2 N–H and O–H groups in total. The fraction of sp³-hybridized carbons (Fsp3) is 0.692. The molecule has 2 aliphatic rings. The maximum atomic E-state index is 12.4. The number of thiazole rings is 1. The third-order valence-corrected chi connectivity index (χ3v) is 4.76. The second kappa shape index (κ2) is 6.07. The average molecular weight is 296 g/mol. The van der Waals surface area contributed by atoms with E-state index in [1.807, 2.05) is 16.5 Å². The van der Waals surface area contributed by atoms with Crippen LogP contribution in [0.4, 0.5) is 5.13 Å². The number of anilines is 1. The number of hydrogen-bond acceptors (Lipinski definition) is 6. The van der Waals surface area contributed by atoms with Crippen LogP contribution in [0.15, 0.2) is 11.6 Å². The molecule has 110 valence electrons. The predicted molar refractivity (Wildman–Crippen MR) is 77.9 cm³/mol. The molecule has 1 aromatic rings. The molecule has 2 atom stereocenters. The lowest BCUT2D eigenvalue weighted by Crippen LogP contribution is -2.51. The molecule has 7 heteroatoms. The molecule has 0 spiro atoms. The van der Waals surface area contributed by atoms with Crippen molar-refractivity contribution in [2.24, 2.45) is 5.73 Å². The highest BCUT2D eigenvalue weighted by molar-refractivity contribution is 7.13. The molecule has 1 aromatic heterocycles. The van der Waals surface area contributed by atoms with E-state index in [4.69, 9.17) is 10.5 Å². The van der Waals surface area contributed by atoms with E-state index in [1.165, 1.54) is 0 Å². The summed E-state index contributed by atoms with van der Waals surface area (Å²) in [5.41, 5.74) is 5.58. The van der Waals surface area contributed by atoms with Gasteiger partial charge >= 0.3 is 0 Å². The van der Waals surface area contributed by atoms with Gasteiger partial charge in [0.15, 0.2) is 5.13 Å². The molecule has 20 heavy (non-hydrogen) atoms. The average Bonchev–Trinajstić information content (AvgIpc) is 3.18. The van der Waals surface area contributed by atoms with E-state index in [9.17, 15) is 4.79 Å². The highest BCUT2D eigenvalue weighted by atomic mass is 32.1. The van der Waals surface area contributed by atoms with E-state index < -0.39 is 0 Å². The normalized spacial score (nSPS) is 27.1. The largest absolute Gasteiger partial charge is 0.364 e. The van der Waals surface area contributed by atoms with Crippen LogP contribution in [0.2, 0.25) is 0 Å². The SMILES string of the molecule is NCC1CCC(C(=O)N2CCN(c3nccs3)CC2)O1. The van der Waals surface area contributed by atoms with Gasteiger partial charge < -0.3 is 20.3 Å². The van der Waals surface area contributed by atoms with Crippen LogP contribution in [-0.4, -0.2) is 60.7 Å². The first-order chi connectivity index (χ1) is 9.78. The Morgan fingerprint density at radius 2 is 2.20 bits per heavy atom. The zero-order valence-corrected chi connectivity index (χ0v) is 12.2. The van der Waals surface area contributed by atoms with E-state index in [0.717, 1.165) is 44.2 Å². The lowest BCUT2D eigenvalue weighted by molar-refractivity contribution is -0.143. The molecule has 2 aliphatic heterocycles. The topological polar surface area (TPSA) is 71.7 Å².